The average Bonchev–Trinajstić information content (AvgIpc) is 2.36. The van der Waals surface area contributed by atoms with Crippen molar-refractivity contribution in [2.45, 2.75) is 25.2 Å². The molecule has 0 fully saturated rings. The Labute approximate surface area is 117 Å². The first-order valence-corrected chi connectivity index (χ1v) is 7.88. The monoisotopic (exact) mass is 304 g/mol. The third kappa shape index (κ3) is 4.90. The number of hydrogen-bond acceptors (Lipinski definition) is 4. The second kappa shape index (κ2) is 7.35. The first kappa shape index (κ1) is 16.6. The second-order valence-electron chi connectivity index (χ2n) is 4.28. The molecule has 1 atom stereocenters. The zero-order valence-corrected chi connectivity index (χ0v) is 11.9. The minimum atomic E-state index is -3.81. The fourth-order valence-corrected chi connectivity index (χ4v) is 3.05. The molecule has 0 aliphatic carbocycles. The molecule has 0 heterocycles. The Morgan fingerprint density at radius 3 is 2.45 bits per heavy atom. The van der Waals surface area contributed by atoms with Gasteiger partial charge in [0.1, 0.15) is 5.82 Å². The maximum atomic E-state index is 12.7. The lowest BCUT2D eigenvalue weighted by Gasteiger charge is -2.14. The van der Waals surface area contributed by atoms with Crippen LogP contribution in [-0.4, -0.2) is 37.3 Å². The van der Waals surface area contributed by atoms with Gasteiger partial charge < -0.3 is 9.84 Å². The summed E-state index contributed by atoms with van der Waals surface area (Å²) in [7, 11) is -3.81. The largest absolute Gasteiger partial charge is 0.479 e. The number of carboxylic acids is 1. The predicted molar refractivity (Wildman–Crippen MR) is 71.6 cm³/mol. The minimum absolute atomic E-state index is 0.0639. The number of rotatable bonds is 8. The van der Waals surface area contributed by atoms with E-state index in [-0.39, 0.29) is 18.2 Å². The summed E-state index contributed by atoms with van der Waals surface area (Å²) in [6, 6.07) is 5.62. The van der Waals surface area contributed by atoms with Gasteiger partial charge in [0.05, 0.1) is 12.4 Å². The fourth-order valence-electron chi connectivity index (χ4n) is 1.66. The Bertz CT molecular complexity index is 538. The van der Waals surface area contributed by atoms with Crippen LogP contribution in [0.5, 0.6) is 0 Å². The maximum Gasteiger partial charge on any atom is 0.348 e. The lowest BCUT2D eigenvalue weighted by Crippen LogP contribution is -2.35. The molecule has 1 N–H and O–H groups in total. The van der Waals surface area contributed by atoms with E-state index in [2.05, 4.69) is 0 Å². The van der Waals surface area contributed by atoms with E-state index in [9.17, 15) is 17.6 Å². The number of aliphatic carboxylic acids is 1. The van der Waals surface area contributed by atoms with Crippen LogP contribution in [0.25, 0.3) is 0 Å². The highest BCUT2D eigenvalue weighted by molar-refractivity contribution is 7.92. The van der Waals surface area contributed by atoms with Gasteiger partial charge in [-0.1, -0.05) is 19.1 Å². The molecule has 20 heavy (non-hydrogen) atoms. The molecular weight excluding hydrogens is 287 g/mol. The SMILES string of the molecule is CCCS(=O)(=O)C(OCCc1ccc(F)cc1)C(=O)O. The summed E-state index contributed by atoms with van der Waals surface area (Å²) in [6.45, 7) is 1.58. The maximum absolute atomic E-state index is 12.7. The summed E-state index contributed by atoms with van der Waals surface area (Å²) < 4.78 is 41.1. The Morgan fingerprint density at radius 1 is 1.35 bits per heavy atom. The van der Waals surface area contributed by atoms with Crippen molar-refractivity contribution >= 4 is 15.8 Å². The molecule has 112 valence electrons. The molecule has 1 unspecified atom stereocenters. The topological polar surface area (TPSA) is 80.7 Å². The number of benzene rings is 1. The molecule has 1 aromatic rings. The van der Waals surface area contributed by atoms with E-state index in [0.717, 1.165) is 5.56 Å². The molecule has 0 spiro atoms. The summed E-state index contributed by atoms with van der Waals surface area (Å²) in [5, 5.41) is 8.92. The molecule has 0 aliphatic heterocycles. The summed E-state index contributed by atoms with van der Waals surface area (Å²) >= 11 is 0. The van der Waals surface area contributed by atoms with Gasteiger partial charge in [0, 0.05) is 0 Å². The van der Waals surface area contributed by atoms with Crippen LogP contribution in [0.1, 0.15) is 18.9 Å². The highest BCUT2D eigenvalue weighted by atomic mass is 32.2. The number of sulfone groups is 1. The number of halogens is 1. The lowest BCUT2D eigenvalue weighted by atomic mass is 10.2. The Kier molecular flexibility index (Phi) is 6.09. The molecule has 0 radical (unpaired) electrons. The highest BCUT2D eigenvalue weighted by Crippen LogP contribution is 2.09. The zero-order valence-electron chi connectivity index (χ0n) is 11.1. The molecule has 5 nitrogen and oxygen atoms in total. The molecule has 0 saturated carbocycles. The van der Waals surface area contributed by atoms with Gasteiger partial charge in [-0.05, 0) is 30.5 Å². The van der Waals surface area contributed by atoms with E-state index in [1.165, 1.54) is 24.3 Å². The van der Waals surface area contributed by atoms with E-state index >= 15 is 0 Å². The fraction of sp³-hybridized carbons (Fsp3) is 0.462. The second-order valence-corrected chi connectivity index (χ2v) is 6.45. The standard InChI is InChI=1S/C13H17FO5S/c1-2-9-20(17,18)13(12(15)16)19-8-7-10-3-5-11(14)6-4-10/h3-6,13H,2,7-9H2,1H3,(H,15,16). The van der Waals surface area contributed by atoms with E-state index in [1.54, 1.807) is 6.92 Å². The van der Waals surface area contributed by atoms with Gasteiger partial charge >= 0.3 is 5.97 Å². The number of carbonyl (C=O) groups is 1. The molecule has 7 heteroatoms. The predicted octanol–water partition coefficient (Wildman–Crippen LogP) is 1.62. The summed E-state index contributed by atoms with van der Waals surface area (Å²) in [5.74, 6) is -2.12. The van der Waals surface area contributed by atoms with Crippen molar-refractivity contribution in [1.29, 1.82) is 0 Å². The minimum Gasteiger partial charge on any atom is -0.479 e. The first-order valence-electron chi connectivity index (χ1n) is 6.17. The van der Waals surface area contributed by atoms with Crippen molar-refractivity contribution in [3.8, 4) is 0 Å². The summed E-state index contributed by atoms with van der Waals surface area (Å²) in [4.78, 5) is 11.0. The summed E-state index contributed by atoms with van der Waals surface area (Å²) in [6.07, 6.45) is 0.638. The Morgan fingerprint density at radius 2 is 1.95 bits per heavy atom. The third-order valence-electron chi connectivity index (χ3n) is 2.59. The van der Waals surface area contributed by atoms with Gasteiger partial charge in [0.2, 0.25) is 0 Å². The van der Waals surface area contributed by atoms with Crippen LogP contribution < -0.4 is 0 Å². The average molecular weight is 304 g/mol. The van der Waals surface area contributed by atoms with Crippen LogP contribution in [0.2, 0.25) is 0 Å². The molecule has 0 aromatic heterocycles. The van der Waals surface area contributed by atoms with E-state index in [0.29, 0.717) is 12.8 Å². The molecule has 0 saturated heterocycles. The molecule has 0 aliphatic rings. The third-order valence-corrected chi connectivity index (χ3v) is 4.56. The van der Waals surface area contributed by atoms with Crippen molar-refractivity contribution in [3.63, 3.8) is 0 Å². The Balaban J connectivity index is 2.60. The van der Waals surface area contributed by atoms with Crippen LogP contribution in [0.15, 0.2) is 24.3 Å². The van der Waals surface area contributed by atoms with Crippen molar-refractivity contribution in [2.24, 2.45) is 0 Å². The molecule has 0 bridgehead atoms. The number of hydrogen-bond donors (Lipinski definition) is 1. The van der Waals surface area contributed by atoms with Crippen molar-refractivity contribution in [2.75, 3.05) is 12.4 Å². The van der Waals surface area contributed by atoms with Gasteiger partial charge in [-0.25, -0.2) is 17.6 Å². The van der Waals surface area contributed by atoms with Crippen LogP contribution in [-0.2, 0) is 25.8 Å². The lowest BCUT2D eigenvalue weighted by molar-refractivity contribution is -0.144. The normalized spacial score (nSPS) is 13.1. The van der Waals surface area contributed by atoms with Gasteiger partial charge in [-0.3, -0.25) is 0 Å². The first-order chi connectivity index (χ1) is 9.36. The van der Waals surface area contributed by atoms with Crippen LogP contribution in [0.4, 0.5) is 4.39 Å². The zero-order chi connectivity index (χ0) is 15.2. The number of carboxylic acid groups (broad SMARTS) is 1. The van der Waals surface area contributed by atoms with Crippen LogP contribution >= 0.6 is 0 Å². The van der Waals surface area contributed by atoms with Gasteiger partial charge in [-0.15, -0.1) is 0 Å². The van der Waals surface area contributed by atoms with E-state index < -0.39 is 21.2 Å². The van der Waals surface area contributed by atoms with E-state index in [1.807, 2.05) is 0 Å². The molecule has 1 aromatic carbocycles. The van der Waals surface area contributed by atoms with Crippen molar-refractivity contribution in [3.05, 3.63) is 35.6 Å². The van der Waals surface area contributed by atoms with Crippen molar-refractivity contribution in [1.82, 2.24) is 0 Å². The van der Waals surface area contributed by atoms with Crippen molar-refractivity contribution < 1.29 is 27.4 Å². The number of ether oxygens (including phenoxy) is 1. The Hall–Kier alpha value is -1.47. The highest BCUT2D eigenvalue weighted by Gasteiger charge is 2.32. The molecular formula is C13H17FO5S. The molecule has 0 amide bonds. The smallest absolute Gasteiger partial charge is 0.348 e. The van der Waals surface area contributed by atoms with E-state index in [4.69, 9.17) is 9.84 Å². The van der Waals surface area contributed by atoms with Gasteiger partial charge in [0.15, 0.2) is 9.84 Å². The quantitative estimate of drug-likeness (QED) is 0.789. The summed E-state index contributed by atoms with van der Waals surface area (Å²) in [5.41, 5.74) is -1.11. The van der Waals surface area contributed by atoms with Crippen LogP contribution in [0, 0.1) is 5.82 Å². The van der Waals surface area contributed by atoms with Gasteiger partial charge in [-0.2, -0.15) is 0 Å². The molecule has 1 rings (SSSR count). The van der Waals surface area contributed by atoms with Crippen LogP contribution in [0.3, 0.4) is 0 Å². The van der Waals surface area contributed by atoms with Gasteiger partial charge in [0.25, 0.3) is 5.44 Å².